The monoisotopic (exact) mass is 591 g/mol. The highest BCUT2D eigenvalue weighted by molar-refractivity contribution is 5.96. The number of amides is 2. The third-order valence-electron chi connectivity index (χ3n) is 7.82. The van der Waals surface area contributed by atoms with Crippen LogP contribution in [0.25, 0.3) is 0 Å². The van der Waals surface area contributed by atoms with E-state index in [0.29, 0.717) is 31.1 Å². The Balaban J connectivity index is 1.41. The van der Waals surface area contributed by atoms with Crippen molar-refractivity contribution in [2.24, 2.45) is 0 Å². The zero-order valence-electron chi connectivity index (χ0n) is 25.4. The number of carbonyl (C=O) groups is 2. The van der Waals surface area contributed by atoms with Crippen molar-refractivity contribution in [3.63, 3.8) is 0 Å². The summed E-state index contributed by atoms with van der Waals surface area (Å²) in [7, 11) is 0. The number of hydrogen-bond donors (Lipinski definition) is 0. The van der Waals surface area contributed by atoms with Crippen LogP contribution in [0.15, 0.2) is 109 Å². The fourth-order valence-corrected chi connectivity index (χ4v) is 5.63. The first-order valence-corrected chi connectivity index (χ1v) is 15.4. The highest BCUT2D eigenvalue weighted by atomic mass is 16.5. The van der Waals surface area contributed by atoms with E-state index in [2.05, 4.69) is 29.2 Å². The molecule has 0 fully saturated rings. The predicted octanol–water partition coefficient (Wildman–Crippen LogP) is 6.11. The lowest BCUT2D eigenvalue weighted by Gasteiger charge is -2.32. The normalized spacial score (nSPS) is 14.6. The lowest BCUT2D eigenvalue weighted by Crippen LogP contribution is -2.41. The average molecular weight is 592 g/mol. The molecule has 1 aliphatic rings. The molecule has 0 saturated carbocycles. The number of benzene rings is 4. The van der Waals surface area contributed by atoms with Crippen LogP contribution in [0.5, 0.6) is 11.5 Å². The van der Waals surface area contributed by atoms with Crippen molar-refractivity contribution in [3.05, 3.63) is 126 Å². The smallest absolute Gasteiger partial charge is 0.264 e. The first-order valence-electron chi connectivity index (χ1n) is 15.4. The molecule has 4 aromatic carbocycles. The number of hydrogen-bond acceptors (Lipinski definition) is 5. The molecule has 0 spiro atoms. The topological polar surface area (TPSA) is 62.3 Å². The molecule has 0 radical (unpaired) electrons. The van der Waals surface area contributed by atoms with Crippen molar-refractivity contribution in [2.75, 3.05) is 44.3 Å². The van der Waals surface area contributed by atoms with Gasteiger partial charge < -0.3 is 19.3 Å². The van der Waals surface area contributed by atoms with Crippen LogP contribution in [-0.4, -0.2) is 61.0 Å². The number of para-hydroxylation sites is 3. The third-order valence-corrected chi connectivity index (χ3v) is 7.82. The predicted molar refractivity (Wildman–Crippen MR) is 174 cm³/mol. The lowest BCUT2D eigenvalue weighted by molar-refractivity contribution is -0.134. The van der Waals surface area contributed by atoms with Gasteiger partial charge in [-0.15, -0.1) is 0 Å². The lowest BCUT2D eigenvalue weighted by atomic mass is 10.0. The molecular formula is C37H41N3O4. The molecule has 0 N–H and O–H groups in total. The maximum absolute atomic E-state index is 13.8. The fourth-order valence-electron chi connectivity index (χ4n) is 5.63. The van der Waals surface area contributed by atoms with E-state index in [1.807, 2.05) is 102 Å². The largest absolute Gasteiger partial charge is 0.484 e. The van der Waals surface area contributed by atoms with Gasteiger partial charge in [0, 0.05) is 39.3 Å². The van der Waals surface area contributed by atoms with Crippen molar-refractivity contribution in [3.8, 4) is 11.5 Å². The molecule has 0 saturated heterocycles. The van der Waals surface area contributed by atoms with Crippen LogP contribution >= 0.6 is 0 Å². The molecule has 7 heteroatoms. The molecule has 0 aromatic heterocycles. The van der Waals surface area contributed by atoms with E-state index in [4.69, 9.17) is 9.47 Å². The summed E-state index contributed by atoms with van der Waals surface area (Å²) in [5.74, 6) is 1.12. The van der Waals surface area contributed by atoms with E-state index in [1.54, 1.807) is 0 Å². The minimum atomic E-state index is -0.110. The number of fused-ring (bicyclic) bond motifs is 1. The van der Waals surface area contributed by atoms with Crippen molar-refractivity contribution in [1.82, 2.24) is 9.80 Å². The standard InChI is InChI=1S/C37H41N3O4/c1-30-14-11-17-32-27-39(35(41)28-43-33-18-7-3-8-19-33)24-12-22-38(26-31-15-5-2-6-16-31)23-13-25-40(37(30)32)36(42)29-44-34-20-9-4-10-21-34/h2-11,14-21H,12-13,22-29H2,1H3. The highest BCUT2D eigenvalue weighted by Crippen LogP contribution is 2.28. The molecule has 0 atom stereocenters. The SMILES string of the molecule is Cc1cccc2c1N(C(=O)COc1ccccc1)CCCN(Cc1ccccc1)CCCN(C(=O)COc1ccccc1)C2. The van der Waals surface area contributed by atoms with Gasteiger partial charge in [0.2, 0.25) is 0 Å². The van der Waals surface area contributed by atoms with Crippen molar-refractivity contribution >= 4 is 17.5 Å². The third kappa shape index (κ3) is 8.71. The van der Waals surface area contributed by atoms with E-state index in [9.17, 15) is 9.59 Å². The maximum Gasteiger partial charge on any atom is 0.264 e. The Morgan fingerprint density at radius 2 is 1.20 bits per heavy atom. The molecule has 5 rings (SSSR count). The number of nitrogens with zero attached hydrogens (tertiary/aromatic N) is 3. The Morgan fingerprint density at radius 3 is 1.84 bits per heavy atom. The van der Waals surface area contributed by atoms with Gasteiger partial charge in [0.1, 0.15) is 11.5 Å². The average Bonchev–Trinajstić information content (AvgIpc) is 3.05. The van der Waals surface area contributed by atoms with Crippen LogP contribution in [0.3, 0.4) is 0 Å². The summed E-state index contributed by atoms with van der Waals surface area (Å²) in [5, 5.41) is 0. The molecule has 4 aromatic rings. The molecule has 2 amide bonds. The highest BCUT2D eigenvalue weighted by Gasteiger charge is 2.25. The fraction of sp³-hybridized carbons (Fsp3) is 0.297. The minimum absolute atomic E-state index is 0.0492. The van der Waals surface area contributed by atoms with Crippen LogP contribution in [0.1, 0.15) is 29.5 Å². The summed E-state index contributed by atoms with van der Waals surface area (Å²) < 4.78 is 11.8. The van der Waals surface area contributed by atoms with Crippen LogP contribution in [0, 0.1) is 6.92 Å². The second kappa shape index (κ2) is 15.7. The Labute approximate surface area is 260 Å². The van der Waals surface area contributed by atoms with Crippen LogP contribution in [0.2, 0.25) is 0 Å². The molecule has 228 valence electrons. The van der Waals surface area contributed by atoms with Gasteiger partial charge in [-0.3, -0.25) is 14.5 Å². The minimum Gasteiger partial charge on any atom is -0.484 e. The van der Waals surface area contributed by atoms with E-state index >= 15 is 0 Å². The molecule has 7 nitrogen and oxygen atoms in total. The summed E-state index contributed by atoms with van der Waals surface area (Å²) in [4.78, 5) is 33.6. The Bertz CT molecular complexity index is 1480. The van der Waals surface area contributed by atoms with Crippen LogP contribution in [0.4, 0.5) is 5.69 Å². The molecule has 44 heavy (non-hydrogen) atoms. The van der Waals surface area contributed by atoms with Crippen molar-refractivity contribution < 1.29 is 19.1 Å². The van der Waals surface area contributed by atoms with Gasteiger partial charge in [0.15, 0.2) is 13.2 Å². The van der Waals surface area contributed by atoms with E-state index in [0.717, 1.165) is 49.3 Å². The number of anilines is 1. The van der Waals surface area contributed by atoms with Gasteiger partial charge in [-0.2, -0.15) is 0 Å². The Kier molecular flexibility index (Phi) is 11.0. The van der Waals surface area contributed by atoms with Crippen LogP contribution < -0.4 is 14.4 Å². The summed E-state index contributed by atoms with van der Waals surface area (Å²) in [5.41, 5.74) is 4.02. The number of rotatable bonds is 8. The van der Waals surface area contributed by atoms with E-state index < -0.39 is 0 Å². The Morgan fingerprint density at radius 1 is 0.636 bits per heavy atom. The molecule has 0 aliphatic carbocycles. The van der Waals surface area contributed by atoms with E-state index in [1.165, 1.54) is 5.56 Å². The summed E-state index contributed by atoms with van der Waals surface area (Å²) in [6, 6.07) is 35.3. The van der Waals surface area contributed by atoms with Gasteiger partial charge in [-0.25, -0.2) is 0 Å². The number of carbonyl (C=O) groups excluding carboxylic acids is 2. The second-order valence-electron chi connectivity index (χ2n) is 11.1. The van der Waals surface area contributed by atoms with Gasteiger partial charge in [0.05, 0.1) is 5.69 Å². The summed E-state index contributed by atoms with van der Waals surface area (Å²) in [6.07, 6.45) is 1.64. The first kappa shape index (κ1) is 30.8. The summed E-state index contributed by atoms with van der Waals surface area (Å²) >= 11 is 0. The second-order valence-corrected chi connectivity index (χ2v) is 11.1. The number of aryl methyl sites for hydroxylation is 1. The summed E-state index contributed by atoms with van der Waals surface area (Å²) in [6.45, 7) is 5.89. The van der Waals surface area contributed by atoms with Gasteiger partial charge >= 0.3 is 0 Å². The number of ether oxygens (including phenoxy) is 2. The molecule has 0 bridgehead atoms. The zero-order chi connectivity index (χ0) is 30.6. The van der Waals surface area contributed by atoms with Crippen LogP contribution in [-0.2, 0) is 22.7 Å². The molecule has 1 heterocycles. The Hall–Kier alpha value is -4.62. The van der Waals surface area contributed by atoms with Gasteiger partial charge in [0.25, 0.3) is 11.8 Å². The zero-order valence-corrected chi connectivity index (χ0v) is 25.4. The van der Waals surface area contributed by atoms with Crippen molar-refractivity contribution in [1.29, 1.82) is 0 Å². The first-order chi connectivity index (χ1) is 21.6. The molecule has 0 unspecified atom stereocenters. The molecular weight excluding hydrogens is 550 g/mol. The van der Waals surface area contributed by atoms with E-state index in [-0.39, 0.29) is 25.0 Å². The van der Waals surface area contributed by atoms with Gasteiger partial charge in [-0.05, 0) is 60.7 Å². The van der Waals surface area contributed by atoms with Gasteiger partial charge in [-0.1, -0.05) is 84.9 Å². The quantitative estimate of drug-likeness (QED) is 0.248. The molecule has 1 aliphatic heterocycles. The maximum atomic E-state index is 13.8. The van der Waals surface area contributed by atoms with Crippen molar-refractivity contribution in [2.45, 2.75) is 32.9 Å².